The summed E-state index contributed by atoms with van der Waals surface area (Å²) in [5.41, 5.74) is 1.34. The van der Waals surface area contributed by atoms with Crippen LogP contribution in [0.15, 0.2) is 30.3 Å². The summed E-state index contributed by atoms with van der Waals surface area (Å²) in [5.74, 6) is -0.395. The molecule has 1 aliphatic carbocycles. The Balaban J connectivity index is 1.78. The fourth-order valence-electron chi connectivity index (χ4n) is 4.38. The second kappa shape index (κ2) is 9.14. The van der Waals surface area contributed by atoms with Crippen LogP contribution in [-0.2, 0) is 6.42 Å². The monoisotopic (exact) mass is 394 g/mol. The molecule has 0 heterocycles. The maximum atomic E-state index is 14.7. The highest BCUT2D eigenvalue weighted by molar-refractivity contribution is 6.30. The van der Waals surface area contributed by atoms with E-state index in [9.17, 15) is 13.2 Å². The molecule has 0 saturated heterocycles. The number of hydrogen-bond donors (Lipinski definition) is 0. The Labute approximate surface area is 164 Å². The molecule has 2 aromatic rings. The van der Waals surface area contributed by atoms with E-state index in [0.29, 0.717) is 29.0 Å². The highest BCUT2D eigenvalue weighted by Crippen LogP contribution is 2.36. The van der Waals surface area contributed by atoms with Crippen molar-refractivity contribution in [1.82, 2.24) is 0 Å². The van der Waals surface area contributed by atoms with E-state index in [4.69, 9.17) is 11.6 Å². The molecule has 3 rings (SSSR count). The van der Waals surface area contributed by atoms with Crippen molar-refractivity contribution in [1.29, 1.82) is 0 Å². The van der Waals surface area contributed by atoms with Crippen molar-refractivity contribution >= 4 is 11.6 Å². The van der Waals surface area contributed by atoms with E-state index < -0.39 is 17.5 Å². The van der Waals surface area contributed by atoms with Gasteiger partial charge in [-0.25, -0.2) is 13.2 Å². The van der Waals surface area contributed by atoms with Gasteiger partial charge in [-0.3, -0.25) is 0 Å². The lowest BCUT2D eigenvalue weighted by atomic mass is 9.77. The van der Waals surface area contributed by atoms with Crippen molar-refractivity contribution in [3.05, 3.63) is 58.4 Å². The van der Waals surface area contributed by atoms with Gasteiger partial charge < -0.3 is 0 Å². The van der Waals surface area contributed by atoms with E-state index in [2.05, 4.69) is 6.92 Å². The second-order valence-electron chi connectivity index (χ2n) is 7.76. The zero-order valence-electron chi connectivity index (χ0n) is 15.7. The number of rotatable bonds is 6. The largest absolute Gasteiger partial charge is 0.207 e. The lowest BCUT2D eigenvalue weighted by Crippen LogP contribution is -2.15. The van der Waals surface area contributed by atoms with E-state index in [1.54, 1.807) is 6.07 Å². The molecule has 0 radical (unpaired) electrons. The average Bonchev–Trinajstić information content (AvgIpc) is 2.63. The van der Waals surface area contributed by atoms with Crippen molar-refractivity contribution in [2.24, 2.45) is 11.8 Å². The van der Waals surface area contributed by atoms with E-state index in [-0.39, 0.29) is 5.02 Å². The van der Waals surface area contributed by atoms with Crippen LogP contribution in [0.2, 0.25) is 5.02 Å². The smallest absolute Gasteiger partial charge is 0.145 e. The minimum atomic E-state index is -0.666. The Kier molecular flexibility index (Phi) is 6.86. The first-order valence-electron chi connectivity index (χ1n) is 9.91. The molecule has 0 aromatic heterocycles. The lowest BCUT2D eigenvalue weighted by Gasteiger charge is -2.28. The molecule has 0 N–H and O–H groups in total. The molecule has 0 spiro atoms. The number of hydrogen-bond acceptors (Lipinski definition) is 0. The molecule has 1 saturated carbocycles. The third-order valence-corrected chi connectivity index (χ3v) is 6.13. The third-order valence-electron chi connectivity index (χ3n) is 5.84. The van der Waals surface area contributed by atoms with Crippen LogP contribution in [0.1, 0.15) is 57.4 Å². The normalized spacial score (nSPS) is 20.0. The Morgan fingerprint density at radius 2 is 1.48 bits per heavy atom. The fraction of sp³-hybridized carbons (Fsp3) is 0.478. The SMILES string of the molecule is CCC[C@H]1CC[C@H](CCc2c(-c3cc(F)cc(F)c3)ccc(Cl)c2F)CC1. The first kappa shape index (κ1) is 20.3. The van der Waals surface area contributed by atoms with Gasteiger partial charge in [-0.15, -0.1) is 0 Å². The first-order chi connectivity index (χ1) is 13.0. The van der Waals surface area contributed by atoms with Gasteiger partial charge in [-0.2, -0.15) is 0 Å². The lowest BCUT2D eigenvalue weighted by molar-refractivity contribution is 0.252. The molecule has 0 unspecified atom stereocenters. The molecule has 1 aliphatic rings. The summed E-state index contributed by atoms with van der Waals surface area (Å²) in [6, 6.07) is 6.42. The van der Waals surface area contributed by atoms with Crippen LogP contribution < -0.4 is 0 Å². The summed E-state index contributed by atoms with van der Waals surface area (Å²) in [7, 11) is 0. The molecule has 1 fully saturated rings. The Hall–Kier alpha value is -1.48. The van der Waals surface area contributed by atoms with Crippen LogP contribution in [0.4, 0.5) is 13.2 Å². The van der Waals surface area contributed by atoms with Crippen molar-refractivity contribution in [3.8, 4) is 11.1 Å². The fourth-order valence-corrected chi connectivity index (χ4v) is 4.56. The van der Waals surface area contributed by atoms with Gasteiger partial charge in [0, 0.05) is 6.07 Å². The Bertz CT molecular complexity index is 759. The summed E-state index contributed by atoms with van der Waals surface area (Å²) in [5, 5.41) is 0.0530. The van der Waals surface area contributed by atoms with Gasteiger partial charge in [-0.05, 0) is 59.6 Å². The van der Waals surface area contributed by atoms with Crippen molar-refractivity contribution in [2.75, 3.05) is 0 Å². The molecule has 27 heavy (non-hydrogen) atoms. The summed E-state index contributed by atoms with van der Waals surface area (Å²) in [4.78, 5) is 0. The van der Waals surface area contributed by atoms with Gasteiger partial charge in [0.25, 0.3) is 0 Å². The van der Waals surface area contributed by atoms with Crippen molar-refractivity contribution in [3.63, 3.8) is 0 Å². The van der Waals surface area contributed by atoms with Crippen LogP contribution in [0.25, 0.3) is 11.1 Å². The Morgan fingerprint density at radius 1 is 0.889 bits per heavy atom. The topological polar surface area (TPSA) is 0 Å². The van der Waals surface area contributed by atoms with Crippen molar-refractivity contribution < 1.29 is 13.2 Å². The van der Waals surface area contributed by atoms with Crippen LogP contribution in [0, 0.1) is 29.3 Å². The summed E-state index contributed by atoms with van der Waals surface area (Å²) < 4.78 is 42.0. The standard InChI is InChI=1S/C23H26ClF3/c1-2-3-15-4-6-16(7-5-15)8-9-21-20(10-11-22(24)23(21)27)17-12-18(25)14-19(26)13-17/h10-16H,2-9H2,1H3/t15-,16-. The minimum absolute atomic E-state index is 0.0530. The van der Waals surface area contributed by atoms with Gasteiger partial charge >= 0.3 is 0 Å². The third kappa shape index (κ3) is 5.07. The summed E-state index contributed by atoms with van der Waals surface area (Å²) in [6.07, 6.45) is 8.79. The molecular weight excluding hydrogens is 369 g/mol. The number of halogens is 4. The molecule has 0 amide bonds. The van der Waals surface area contributed by atoms with Gasteiger partial charge in [0.2, 0.25) is 0 Å². The highest BCUT2D eigenvalue weighted by atomic mass is 35.5. The zero-order chi connectivity index (χ0) is 19.4. The maximum Gasteiger partial charge on any atom is 0.145 e. The molecule has 0 bridgehead atoms. The molecule has 146 valence electrons. The van der Waals surface area contributed by atoms with Gasteiger partial charge in [0.15, 0.2) is 0 Å². The van der Waals surface area contributed by atoms with Crippen molar-refractivity contribution in [2.45, 2.75) is 58.3 Å². The second-order valence-corrected chi connectivity index (χ2v) is 8.17. The highest BCUT2D eigenvalue weighted by Gasteiger charge is 2.22. The molecule has 2 aromatic carbocycles. The molecule has 4 heteroatoms. The van der Waals surface area contributed by atoms with E-state index in [1.165, 1.54) is 56.7 Å². The van der Waals surface area contributed by atoms with Crippen LogP contribution in [0.5, 0.6) is 0 Å². The van der Waals surface area contributed by atoms with Crippen LogP contribution in [0.3, 0.4) is 0 Å². The van der Waals surface area contributed by atoms with Crippen LogP contribution >= 0.6 is 11.6 Å². The van der Waals surface area contributed by atoms with Gasteiger partial charge in [-0.1, -0.05) is 63.1 Å². The average molecular weight is 395 g/mol. The molecule has 0 aliphatic heterocycles. The summed E-state index contributed by atoms with van der Waals surface area (Å²) in [6.45, 7) is 2.23. The minimum Gasteiger partial charge on any atom is -0.207 e. The van der Waals surface area contributed by atoms with E-state index in [1.807, 2.05) is 0 Å². The van der Waals surface area contributed by atoms with E-state index >= 15 is 0 Å². The Morgan fingerprint density at radius 3 is 2.07 bits per heavy atom. The van der Waals surface area contributed by atoms with E-state index in [0.717, 1.165) is 18.4 Å². The van der Waals surface area contributed by atoms with Gasteiger partial charge in [0.05, 0.1) is 5.02 Å². The zero-order valence-corrected chi connectivity index (χ0v) is 16.5. The first-order valence-corrected chi connectivity index (χ1v) is 10.3. The quantitative estimate of drug-likeness (QED) is 0.466. The van der Waals surface area contributed by atoms with Crippen LogP contribution in [-0.4, -0.2) is 0 Å². The summed E-state index contributed by atoms with van der Waals surface area (Å²) >= 11 is 5.99. The predicted octanol–water partition coefficient (Wildman–Crippen LogP) is 7.96. The number of benzene rings is 2. The predicted molar refractivity (Wildman–Crippen MR) is 105 cm³/mol. The maximum absolute atomic E-state index is 14.7. The molecular formula is C23H26ClF3. The van der Waals surface area contributed by atoms with Gasteiger partial charge in [0.1, 0.15) is 17.5 Å². The molecule has 0 nitrogen and oxygen atoms in total. The molecule has 0 atom stereocenters.